The van der Waals surface area contributed by atoms with Gasteiger partial charge >= 0.3 is 0 Å². The van der Waals surface area contributed by atoms with Crippen molar-refractivity contribution in [1.29, 1.82) is 5.26 Å². The molecule has 1 fully saturated rings. The molecule has 0 atom stereocenters. The summed E-state index contributed by atoms with van der Waals surface area (Å²) in [6.45, 7) is 0.777. The number of ether oxygens (including phenoxy) is 1. The molecule has 0 unspecified atom stereocenters. The molecule has 0 spiro atoms. The Hall–Kier alpha value is -1.49. The van der Waals surface area contributed by atoms with Crippen LogP contribution in [0.3, 0.4) is 0 Å². The summed E-state index contributed by atoms with van der Waals surface area (Å²) in [5.74, 6) is 1.69. The molecule has 0 bridgehead atoms. The highest BCUT2D eigenvalue weighted by atomic mass is 16.5. The molecule has 1 saturated carbocycles. The maximum atomic E-state index is 8.72. The molecule has 0 aliphatic heterocycles. The fourth-order valence-electron chi connectivity index (χ4n) is 1.78. The summed E-state index contributed by atoms with van der Waals surface area (Å²) in [5.41, 5.74) is 0.663. The highest BCUT2D eigenvalue weighted by molar-refractivity contribution is 5.36. The average Bonchev–Trinajstić information content (AvgIpc) is 2.22. The summed E-state index contributed by atoms with van der Waals surface area (Å²) in [4.78, 5) is 0. The van der Waals surface area contributed by atoms with Crippen LogP contribution in [0.25, 0.3) is 0 Å². The van der Waals surface area contributed by atoms with Crippen LogP contribution in [0.4, 0.5) is 0 Å². The van der Waals surface area contributed by atoms with Crippen molar-refractivity contribution in [2.45, 2.75) is 25.7 Å². The Morgan fingerprint density at radius 2 is 2.27 bits per heavy atom. The van der Waals surface area contributed by atoms with Gasteiger partial charge in [0.05, 0.1) is 18.2 Å². The van der Waals surface area contributed by atoms with Crippen LogP contribution in [0.5, 0.6) is 5.75 Å². The molecule has 78 valence electrons. The van der Waals surface area contributed by atoms with Gasteiger partial charge in [-0.05, 0) is 30.5 Å². The molecule has 1 aliphatic carbocycles. The molecule has 0 radical (unpaired) electrons. The summed E-state index contributed by atoms with van der Waals surface area (Å²) in [6.07, 6.45) is 5.26. The van der Waals surface area contributed by atoms with Crippen molar-refractivity contribution < 1.29 is 4.74 Å². The van der Waals surface area contributed by atoms with Crippen LogP contribution in [0, 0.1) is 17.2 Å². The second-order valence-electron chi connectivity index (χ2n) is 4.07. The van der Waals surface area contributed by atoms with E-state index in [2.05, 4.69) is 6.07 Å². The summed E-state index contributed by atoms with van der Waals surface area (Å²) in [6, 6.07) is 9.45. The third-order valence-electron chi connectivity index (χ3n) is 2.98. The molecule has 1 aromatic rings. The zero-order valence-corrected chi connectivity index (χ0v) is 8.78. The maximum absolute atomic E-state index is 8.72. The number of nitrogens with zero attached hydrogens (tertiary/aromatic N) is 1. The Kier molecular flexibility index (Phi) is 3.24. The van der Waals surface area contributed by atoms with Gasteiger partial charge in [-0.2, -0.15) is 5.26 Å². The molecular weight excluding hydrogens is 186 g/mol. The van der Waals surface area contributed by atoms with Gasteiger partial charge in [0.1, 0.15) is 5.75 Å². The van der Waals surface area contributed by atoms with Gasteiger partial charge in [0, 0.05) is 0 Å². The minimum atomic E-state index is 0.663. The first-order chi connectivity index (χ1) is 7.38. The molecular formula is C13H15NO. The van der Waals surface area contributed by atoms with Crippen LogP contribution in [0.1, 0.15) is 31.2 Å². The molecule has 0 heterocycles. The topological polar surface area (TPSA) is 33.0 Å². The smallest absolute Gasteiger partial charge is 0.120 e. The van der Waals surface area contributed by atoms with Gasteiger partial charge in [0.25, 0.3) is 0 Å². The molecule has 0 saturated heterocycles. The van der Waals surface area contributed by atoms with Crippen molar-refractivity contribution >= 4 is 0 Å². The Morgan fingerprint density at radius 3 is 2.93 bits per heavy atom. The second-order valence-corrected chi connectivity index (χ2v) is 4.07. The lowest BCUT2D eigenvalue weighted by molar-refractivity contribution is 0.222. The third-order valence-corrected chi connectivity index (χ3v) is 2.98. The van der Waals surface area contributed by atoms with Crippen LogP contribution in [-0.2, 0) is 0 Å². The normalized spacial score (nSPS) is 15.4. The minimum Gasteiger partial charge on any atom is -0.494 e. The van der Waals surface area contributed by atoms with E-state index in [0.29, 0.717) is 5.56 Å². The van der Waals surface area contributed by atoms with Gasteiger partial charge in [-0.3, -0.25) is 0 Å². The van der Waals surface area contributed by atoms with Crippen molar-refractivity contribution in [2.24, 2.45) is 5.92 Å². The Balaban J connectivity index is 1.79. The molecule has 2 rings (SSSR count). The van der Waals surface area contributed by atoms with Gasteiger partial charge in [-0.1, -0.05) is 25.3 Å². The summed E-state index contributed by atoms with van der Waals surface area (Å²) in [5, 5.41) is 8.72. The standard InChI is InChI=1S/C13H15NO/c14-10-12-5-2-6-13(9-12)15-8-7-11-3-1-4-11/h2,5-6,9,11H,1,3-4,7-8H2. The number of hydrogen-bond donors (Lipinski definition) is 0. The van der Waals surface area contributed by atoms with E-state index in [1.165, 1.54) is 19.3 Å². The van der Waals surface area contributed by atoms with Gasteiger partial charge in [0.2, 0.25) is 0 Å². The first kappa shape index (κ1) is 10.0. The molecule has 15 heavy (non-hydrogen) atoms. The van der Waals surface area contributed by atoms with E-state index in [9.17, 15) is 0 Å². The average molecular weight is 201 g/mol. The fourth-order valence-corrected chi connectivity index (χ4v) is 1.78. The van der Waals surface area contributed by atoms with Gasteiger partial charge in [-0.25, -0.2) is 0 Å². The van der Waals surface area contributed by atoms with Crippen LogP contribution in [0.2, 0.25) is 0 Å². The van der Waals surface area contributed by atoms with Gasteiger partial charge in [-0.15, -0.1) is 0 Å². The first-order valence-corrected chi connectivity index (χ1v) is 5.51. The Bertz CT molecular complexity index is 363. The van der Waals surface area contributed by atoms with Crippen LogP contribution < -0.4 is 4.74 Å². The number of rotatable bonds is 4. The predicted molar refractivity (Wildman–Crippen MR) is 58.6 cm³/mol. The van der Waals surface area contributed by atoms with Crippen LogP contribution in [-0.4, -0.2) is 6.61 Å². The number of nitriles is 1. The molecule has 0 amide bonds. The van der Waals surface area contributed by atoms with Crippen molar-refractivity contribution in [3.63, 3.8) is 0 Å². The largest absolute Gasteiger partial charge is 0.494 e. The highest BCUT2D eigenvalue weighted by Crippen LogP contribution is 2.29. The molecule has 0 N–H and O–H groups in total. The third kappa shape index (κ3) is 2.73. The van der Waals surface area contributed by atoms with Crippen LogP contribution >= 0.6 is 0 Å². The van der Waals surface area contributed by atoms with Crippen molar-refractivity contribution in [1.82, 2.24) is 0 Å². The molecule has 2 heteroatoms. The van der Waals surface area contributed by atoms with E-state index in [1.54, 1.807) is 12.1 Å². The van der Waals surface area contributed by atoms with Gasteiger partial charge in [0.15, 0.2) is 0 Å². The second kappa shape index (κ2) is 4.84. The van der Waals surface area contributed by atoms with E-state index >= 15 is 0 Å². The lowest BCUT2D eigenvalue weighted by Gasteiger charge is -2.24. The fraction of sp³-hybridized carbons (Fsp3) is 0.462. The number of benzene rings is 1. The van der Waals surface area contributed by atoms with Gasteiger partial charge < -0.3 is 4.74 Å². The Morgan fingerprint density at radius 1 is 1.40 bits per heavy atom. The van der Waals surface area contributed by atoms with E-state index in [0.717, 1.165) is 24.7 Å². The van der Waals surface area contributed by atoms with E-state index < -0.39 is 0 Å². The highest BCUT2D eigenvalue weighted by Gasteiger charge is 2.16. The zero-order chi connectivity index (χ0) is 10.5. The molecule has 1 aliphatic rings. The molecule has 1 aromatic carbocycles. The zero-order valence-electron chi connectivity index (χ0n) is 8.78. The summed E-state index contributed by atoms with van der Waals surface area (Å²) < 4.78 is 5.60. The van der Waals surface area contributed by atoms with E-state index in [1.807, 2.05) is 12.1 Å². The monoisotopic (exact) mass is 201 g/mol. The predicted octanol–water partition coefficient (Wildman–Crippen LogP) is 3.13. The minimum absolute atomic E-state index is 0.663. The summed E-state index contributed by atoms with van der Waals surface area (Å²) >= 11 is 0. The first-order valence-electron chi connectivity index (χ1n) is 5.51. The molecule has 0 aromatic heterocycles. The van der Waals surface area contributed by atoms with Crippen molar-refractivity contribution in [2.75, 3.05) is 6.61 Å². The Labute approximate surface area is 90.5 Å². The quantitative estimate of drug-likeness (QED) is 0.749. The SMILES string of the molecule is N#Cc1cccc(OCCC2CCC2)c1. The summed E-state index contributed by atoms with van der Waals surface area (Å²) in [7, 11) is 0. The van der Waals surface area contributed by atoms with Crippen LogP contribution in [0.15, 0.2) is 24.3 Å². The van der Waals surface area contributed by atoms with E-state index in [4.69, 9.17) is 10.00 Å². The van der Waals surface area contributed by atoms with Crippen molar-refractivity contribution in [3.8, 4) is 11.8 Å². The van der Waals surface area contributed by atoms with Crippen molar-refractivity contribution in [3.05, 3.63) is 29.8 Å². The molecule has 2 nitrogen and oxygen atoms in total. The number of hydrogen-bond acceptors (Lipinski definition) is 2. The van der Waals surface area contributed by atoms with E-state index in [-0.39, 0.29) is 0 Å². The lowest BCUT2D eigenvalue weighted by Crippen LogP contribution is -2.14. The maximum Gasteiger partial charge on any atom is 0.120 e. The lowest BCUT2D eigenvalue weighted by atomic mass is 9.83.